The molecule has 0 fully saturated rings. The molecule has 5 heteroatoms. The minimum atomic E-state index is 0.0824. The van der Waals surface area contributed by atoms with Crippen LogP contribution in [0.25, 0.3) is 0 Å². The molecule has 0 radical (unpaired) electrons. The number of unbranched alkanes of at least 4 members (excludes halogenated alkanes) is 4. The molecular weight excluding hydrogens is 260 g/mol. The van der Waals surface area contributed by atoms with E-state index in [0.29, 0.717) is 11.1 Å². The van der Waals surface area contributed by atoms with Gasteiger partial charge in [-0.25, -0.2) is 0 Å². The van der Waals surface area contributed by atoms with Gasteiger partial charge in [0.2, 0.25) is 0 Å². The maximum atomic E-state index is 6.25. The van der Waals surface area contributed by atoms with Crippen LogP contribution in [0.1, 0.15) is 77.1 Å². The largest absolute Gasteiger partial charge is 0.271 e. The van der Waals surface area contributed by atoms with Crippen molar-refractivity contribution >= 4 is 11.6 Å². The second-order valence-electron chi connectivity index (χ2n) is 5.34. The molecule has 0 saturated carbocycles. The smallest absolute Gasteiger partial charge is 0.0834 e. The first-order valence-electron chi connectivity index (χ1n) is 7.30. The van der Waals surface area contributed by atoms with Crippen molar-refractivity contribution in [2.24, 2.45) is 5.84 Å². The summed E-state index contributed by atoms with van der Waals surface area (Å²) in [6.45, 7) is 6.43. The molecular formula is C14H27ClN4. The van der Waals surface area contributed by atoms with Crippen molar-refractivity contribution in [1.29, 1.82) is 0 Å². The summed E-state index contributed by atoms with van der Waals surface area (Å²) in [4.78, 5) is 0. The molecule has 0 spiro atoms. The zero-order chi connectivity index (χ0) is 14.3. The van der Waals surface area contributed by atoms with Crippen molar-refractivity contribution in [3.63, 3.8) is 0 Å². The zero-order valence-electron chi connectivity index (χ0n) is 12.3. The second-order valence-corrected chi connectivity index (χ2v) is 5.75. The fraction of sp³-hybridized carbons (Fsp3) is 0.786. The Morgan fingerprint density at radius 2 is 2.00 bits per heavy atom. The number of hydrogen-bond donors (Lipinski definition) is 2. The maximum absolute atomic E-state index is 6.25. The van der Waals surface area contributed by atoms with Gasteiger partial charge >= 0.3 is 0 Å². The number of aromatic nitrogens is 2. The molecule has 0 saturated heterocycles. The molecule has 1 unspecified atom stereocenters. The monoisotopic (exact) mass is 286 g/mol. The van der Waals surface area contributed by atoms with E-state index in [1.165, 1.54) is 25.7 Å². The van der Waals surface area contributed by atoms with Gasteiger partial charge in [-0.05, 0) is 20.3 Å². The summed E-state index contributed by atoms with van der Waals surface area (Å²) in [6, 6.07) is 0.373. The summed E-state index contributed by atoms with van der Waals surface area (Å²) in [5.74, 6) is 5.69. The van der Waals surface area contributed by atoms with Crippen LogP contribution >= 0.6 is 11.6 Å². The van der Waals surface area contributed by atoms with E-state index in [-0.39, 0.29) is 6.04 Å². The van der Waals surface area contributed by atoms with E-state index < -0.39 is 0 Å². The molecule has 19 heavy (non-hydrogen) atoms. The summed E-state index contributed by atoms with van der Waals surface area (Å²) in [6.07, 6.45) is 8.99. The highest BCUT2D eigenvalue weighted by molar-refractivity contribution is 6.31. The van der Waals surface area contributed by atoms with E-state index in [1.807, 2.05) is 4.68 Å². The highest BCUT2D eigenvalue weighted by Crippen LogP contribution is 2.28. The molecule has 0 bridgehead atoms. The predicted octanol–water partition coefficient (Wildman–Crippen LogP) is 3.98. The normalized spacial score (nSPS) is 13.2. The topological polar surface area (TPSA) is 55.9 Å². The molecule has 0 aromatic carbocycles. The van der Waals surface area contributed by atoms with Crippen LogP contribution in [0.4, 0.5) is 0 Å². The number of hydrazine groups is 1. The van der Waals surface area contributed by atoms with Gasteiger partial charge in [-0.15, -0.1) is 0 Å². The van der Waals surface area contributed by atoms with E-state index in [2.05, 4.69) is 31.3 Å². The number of nitrogens with two attached hydrogens (primary N) is 1. The van der Waals surface area contributed by atoms with Gasteiger partial charge in [0.05, 0.1) is 23.0 Å². The van der Waals surface area contributed by atoms with Gasteiger partial charge in [0.25, 0.3) is 0 Å². The Morgan fingerprint density at radius 3 is 2.58 bits per heavy atom. The Bertz CT molecular complexity index is 362. The molecule has 1 heterocycles. The van der Waals surface area contributed by atoms with Crippen LogP contribution in [0.5, 0.6) is 0 Å². The maximum Gasteiger partial charge on any atom is 0.0834 e. The molecule has 0 amide bonds. The number of rotatable bonds is 9. The number of nitrogens with zero attached hydrogens (tertiary/aromatic N) is 2. The summed E-state index contributed by atoms with van der Waals surface area (Å²) in [7, 11) is 0. The lowest BCUT2D eigenvalue weighted by atomic mass is 10.0. The van der Waals surface area contributed by atoms with Gasteiger partial charge < -0.3 is 0 Å². The SMILES string of the molecule is CCCCCCCC(NN)c1c(Cl)cnn1C(C)C. The first-order valence-corrected chi connectivity index (χ1v) is 7.68. The van der Waals surface area contributed by atoms with Gasteiger partial charge in [0.1, 0.15) is 0 Å². The first-order chi connectivity index (χ1) is 9.11. The lowest BCUT2D eigenvalue weighted by molar-refractivity contribution is 0.419. The quantitative estimate of drug-likeness (QED) is 0.410. The third kappa shape index (κ3) is 4.79. The van der Waals surface area contributed by atoms with Crippen LogP contribution in [0.2, 0.25) is 5.02 Å². The third-order valence-corrected chi connectivity index (χ3v) is 3.69. The molecule has 4 nitrogen and oxygen atoms in total. The lowest BCUT2D eigenvalue weighted by Crippen LogP contribution is -2.30. The van der Waals surface area contributed by atoms with Crippen molar-refractivity contribution in [2.75, 3.05) is 0 Å². The van der Waals surface area contributed by atoms with Gasteiger partial charge in [-0.3, -0.25) is 16.0 Å². The van der Waals surface area contributed by atoms with Crippen molar-refractivity contribution < 1.29 is 0 Å². The molecule has 3 N–H and O–H groups in total. The molecule has 0 aliphatic heterocycles. The van der Waals surface area contributed by atoms with Crippen LogP contribution < -0.4 is 11.3 Å². The Kier molecular flexibility index (Phi) is 7.42. The minimum Gasteiger partial charge on any atom is -0.271 e. The van der Waals surface area contributed by atoms with E-state index >= 15 is 0 Å². The van der Waals surface area contributed by atoms with E-state index in [0.717, 1.165) is 18.5 Å². The Hall–Kier alpha value is -0.580. The molecule has 1 aromatic rings. The zero-order valence-corrected chi connectivity index (χ0v) is 13.1. The molecule has 110 valence electrons. The highest BCUT2D eigenvalue weighted by Gasteiger charge is 2.20. The van der Waals surface area contributed by atoms with Gasteiger partial charge in [-0.2, -0.15) is 5.10 Å². The Labute approximate surface area is 121 Å². The fourth-order valence-electron chi connectivity index (χ4n) is 2.34. The minimum absolute atomic E-state index is 0.0824. The summed E-state index contributed by atoms with van der Waals surface area (Å²) < 4.78 is 1.96. The Balaban J connectivity index is 2.61. The third-order valence-electron chi connectivity index (χ3n) is 3.40. The molecule has 1 rings (SSSR count). The average molecular weight is 287 g/mol. The van der Waals surface area contributed by atoms with Crippen LogP contribution in [0, 0.1) is 0 Å². The van der Waals surface area contributed by atoms with Crippen molar-refractivity contribution in [1.82, 2.24) is 15.2 Å². The predicted molar refractivity (Wildman–Crippen MR) is 81.1 cm³/mol. The van der Waals surface area contributed by atoms with Crippen molar-refractivity contribution in [3.8, 4) is 0 Å². The van der Waals surface area contributed by atoms with Crippen molar-refractivity contribution in [3.05, 3.63) is 16.9 Å². The molecule has 1 atom stereocenters. The van der Waals surface area contributed by atoms with E-state index in [9.17, 15) is 0 Å². The Morgan fingerprint density at radius 1 is 1.32 bits per heavy atom. The number of halogens is 1. The van der Waals surface area contributed by atoms with Crippen LogP contribution in [-0.4, -0.2) is 9.78 Å². The standard InChI is InChI=1S/C14H27ClN4/c1-4-5-6-7-8-9-13(18-16)14-12(15)10-17-19(14)11(2)3/h10-11,13,18H,4-9,16H2,1-3H3. The summed E-state index contributed by atoms with van der Waals surface area (Å²) >= 11 is 6.25. The van der Waals surface area contributed by atoms with E-state index in [1.54, 1.807) is 6.20 Å². The summed E-state index contributed by atoms with van der Waals surface area (Å²) in [5.41, 5.74) is 3.90. The van der Waals surface area contributed by atoms with Gasteiger partial charge in [-0.1, -0.05) is 50.6 Å². The summed E-state index contributed by atoms with van der Waals surface area (Å²) in [5, 5.41) is 5.03. The highest BCUT2D eigenvalue weighted by atomic mass is 35.5. The van der Waals surface area contributed by atoms with Crippen molar-refractivity contribution in [2.45, 2.75) is 71.4 Å². The lowest BCUT2D eigenvalue weighted by Gasteiger charge is -2.20. The van der Waals surface area contributed by atoms with E-state index in [4.69, 9.17) is 17.4 Å². The molecule has 0 aliphatic carbocycles. The molecule has 0 aliphatic rings. The fourth-order valence-corrected chi connectivity index (χ4v) is 2.60. The van der Waals surface area contributed by atoms with Crippen LogP contribution in [0.15, 0.2) is 6.20 Å². The average Bonchev–Trinajstić information content (AvgIpc) is 2.76. The number of hydrogen-bond acceptors (Lipinski definition) is 3. The molecule has 1 aromatic heterocycles. The van der Waals surface area contributed by atoms with Gasteiger partial charge in [0, 0.05) is 6.04 Å². The van der Waals surface area contributed by atoms with Crippen LogP contribution in [-0.2, 0) is 0 Å². The van der Waals surface area contributed by atoms with Gasteiger partial charge in [0.15, 0.2) is 0 Å². The first kappa shape index (κ1) is 16.5. The second kappa shape index (κ2) is 8.56. The van der Waals surface area contributed by atoms with Crippen LogP contribution in [0.3, 0.4) is 0 Å². The number of nitrogens with one attached hydrogen (secondary N) is 1.